The molecule has 0 aliphatic carbocycles. The zero-order valence-corrected chi connectivity index (χ0v) is 12.0. The second-order valence-electron chi connectivity index (χ2n) is 5.20. The molecule has 4 nitrogen and oxygen atoms in total. The highest BCUT2D eigenvalue weighted by Gasteiger charge is 2.10. The van der Waals surface area contributed by atoms with Crippen LogP contribution in [0.15, 0.2) is 70.0 Å². The lowest BCUT2D eigenvalue weighted by molar-refractivity contribution is 0.566. The van der Waals surface area contributed by atoms with E-state index in [1.165, 1.54) is 0 Å². The number of para-hydroxylation sites is 1. The number of aromatic nitrogens is 1. The fourth-order valence-electron chi connectivity index (χ4n) is 2.64. The number of benzene rings is 2. The molecule has 2 aromatic heterocycles. The number of rotatable bonds is 1. The van der Waals surface area contributed by atoms with Gasteiger partial charge in [-0.05, 0) is 35.9 Å². The Hall–Kier alpha value is -3.45. The molecule has 23 heavy (non-hydrogen) atoms. The Morgan fingerprint density at radius 1 is 1.04 bits per heavy atom. The fourth-order valence-corrected chi connectivity index (χ4v) is 2.64. The Labute approximate surface area is 131 Å². The molecule has 0 saturated heterocycles. The lowest BCUT2D eigenvalue weighted by Crippen LogP contribution is -2.03. The number of hydrogen-bond donors (Lipinski definition) is 0. The summed E-state index contributed by atoms with van der Waals surface area (Å²) in [5, 5.41) is 10.4. The molecule has 0 unspecified atom stereocenters. The summed E-state index contributed by atoms with van der Waals surface area (Å²) in [6.45, 7) is 0. The Morgan fingerprint density at radius 3 is 2.61 bits per heavy atom. The highest BCUT2D eigenvalue weighted by molar-refractivity contribution is 6.02. The molecular weight excluding hydrogens is 288 g/mol. The minimum Gasteiger partial charge on any atom is -0.421 e. The second-order valence-corrected chi connectivity index (χ2v) is 5.20. The molecule has 0 aliphatic rings. The molecule has 0 aliphatic heterocycles. The van der Waals surface area contributed by atoms with Crippen molar-refractivity contribution in [3.8, 4) is 17.2 Å². The molecule has 2 heterocycles. The van der Waals surface area contributed by atoms with Gasteiger partial charge in [0.2, 0.25) is 0 Å². The third kappa shape index (κ3) is 2.16. The maximum Gasteiger partial charge on any atom is 0.344 e. The van der Waals surface area contributed by atoms with E-state index >= 15 is 0 Å². The molecule has 0 radical (unpaired) electrons. The first-order chi connectivity index (χ1) is 11.3. The molecule has 4 heteroatoms. The van der Waals surface area contributed by atoms with E-state index < -0.39 is 5.63 Å². The van der Waals surface area contributed by atoms with Gasteiger partial charge in [0.1, 0.15) is 5.58 Å². The van der Waals surface area contributed by atoms with Crippen LogP contribution in [0.1, 0.15) is 5.56 Å². The van der Waals surface area contributed by atoms with Gasteiger partial charge >= 0.3 is 5.63 Å². The number of fused-ring (bicyclic) bond motifs is 3. The number of nitrogens with zero attached hydrogens (tertiary/aromatic N) is 2. The van der Waals surface area contributed by atoms with Crippen molar-refractivity contribution in [3.63, 3.8) is 0 Å². The smallest absolute Gasteiger partial charge is 0.344 e. The summed E-state index contributed by atoms with van der Waals surface area (Å²) in [5.41, 5.74) is 2.64. The SMILES string of the molecule is N#Cc1ccc(-c2cc3cnc4ccccc4c3oc2=O)cc1. The first kappa shape index (κ1) is 13.2. The summed E-state index contributed by atoms with van der Waals surface area (Å²) in [5.74, 6) is 0. The third-order valence-corrected chi connectivity index (χ3v) is 3.79. The monoisotopic (exact) mass is 298 g/mol. The van der Waals surface area contributed by atoms with Crippen molar-refractivity contribution in [1.29, 1.82) is 5.26 Å². The molecule has 0 fully saturated rings. The van der Waals surface area contributed by atoms with Crippen molar-refractivity contribution in [2.75, 3.05) is 0 Å². The zero-order chi connectivity index (χ0) is 15.8. The summed E-state index contributed by atoms with van der Waals surface area (Å²) in [7, 11) is 0. The quantitative estimate of drug-likeness (QED) is 0.500. The molecule has 4 rings (SSSR count). The van der Waals surface area contributed by atoms with Crippen molar-refractivity contribution < 1.29 is 4.42 Å². The van der Waals surface area contributed by atoms with Crippen LogP contribution >= 0.6 is 0 Å². The molecule has 2 aromatic carbocycles. The average molecular weight is 298 g/mol. The van der Waals surface area contributed by atoms with Crippen molar-refractivity contribution >= 4 is 21.9 Å². The van der Waals surface area contributed by atoms with Crippen LogP contribution in [0.3, 0.4) is 0 Å². The average Bonchev–Trinajstić information content (AvgIpc) is 2.61. The molecule has 108 valence electrons. The van der Waals surface area contributed by atoms with Crippen molar-refractivity contribution in [3.05, 3.63) is 76.8 Å². The molecule has 0 spiro atoms. The van der Waals surface area contributed by atoms with Gasteiger partial charge in [-0.25, -0.2) is 4.79 Å². The van der Waals surface area contributed by atoms with Crippen LogP contribution in [-0.4, -0.2) is 4.98 Å². The van der Waals surface area contributed by atoms with E-state index in [9.17, 15) is 4.79 Å². The van der Waals surface area contributed by atoms with Gasteiger partial charge in [0.05, 0.1) is 22.7 Å². The van der Waals surface area contributed by atoms with E-state index in [0.29, 0.717) is 22.3 Å². The van der Waals surface area contributed by atoms with Gasteiger partial charge in [0, 0.05) is 17.0 Å². The number of pyridine rings is 1. The van der Waals surface area contributed by atoms with E-state index in [4.69, 9.17) is 9.68 Å². The lowest BCUT2D eigenvalue weighted by atomic mass is 10.0. The van der Waals surface area contributed by atoms with Gasteiger partial charge in [-0.3, -0.25) is 4.98 Å². The molecule has 0 N–H and O–H groups in total. The van der Waals surface area contributed by atoms with Crippen molar-refractivity contribution in [2.45, 2.75) is 0 Å². The molecule has 0 bridgehead atoms. The van der Waals surface area contributed by atoms with Crippen molar-refractivity contribution in [2.24, 2.45) is 0 Å². The Balaban J connectivity index is 1.98. The van der Waals surface area contributed by atoms with Crippen molar-refractivity contribution in [1.82, 2.24) is 4.98 Å². The Bertz CT molecular complexity index is 1140. The molecule has 0 amide bonds. The minimum atomic E-state index is -0.404. The van der Waals surface area contributed by atoms with Gasteiger partial charge in [-0.1, -0.05) is 24.3 Å². The van der Waals surface area contributed by atoms with Crippen LogP contribution in [0, 0.1) is 11.3 Å². The standard InChI is InChI=1S/C19H10N2O2/c20-10-12-5-7-13(8-6-12)16-9-14-11-21-17-4-2-1-3-15(17)18(14)23-19(16)22/h1-9,11H. The first-order valence-electron chi connectivity index (χ1n) is 7.08. The topological polar surface area (TPSA) is 66.9 Å². The normalized spacial score (nSPS) is 10.7. The van der Waals surface area contributed by atoms with E-state index in [0.717, 1.165) is 16.3 Å². The largest absolute Gasteiger partial charge is 0.421 e. The highest BCUT2D eigenvalue weighted by Crippen LogP contribution is 2.26. The highest BCUT2D eigenvalue weighted by atomic mass is 16.4. The summed E-state index contributed by atoms with van der Waals surface area (Å²) >= 11 is 0. The molecular formula is C19H10N2O2. The van der Waals surface area contributed by atoms with Crippen LogP contribution < -0.4 is 5.63 Å². The second kappa shape index (κ2) is 5.08. The van der Waals surface area contributed by atoms with Gasteiger partial charge in [-0.2, -0.15) is 5.26 Å². The zero-order valence-electron chi connectivity index (χ0n) is 12.0. The van der Waals surface area contributed by atoms with Gasteiger partial charge < -0.3 is 4.42 Å². The van der Waals surface area contributed by atoms with Crippen LogP contribution in [0.5, 0.6) is 0 Å². The molecule has 0 saturated carbocycles. The predicted molar refractivity (Wildman–Crippen MR) is 87.9 cm³/mol. The predicted octanol–water partition coefficient (Wildman–Crippen LogP) is 3.88. The lowest BCUT2D eigenvalue weighted by Gasteiger charge is -2.05. The first-order valence-corrected chi connectivity index (χ1v) is 7.08. The maximum atomic E-state index is 12.4. The summed E-state index contributed by atoms with van der Waals surface area (Å²) in [6.07, 6.45) is 1.70. The van der Waals surface area contributed by atoms with Gasteiger partial charge in [0.15, 0.2) is 0 Å². The molecule has 4 aromatic rings. The van der Waals surface area contributed by atoms with Crippen LogP contribution in [0.4, 0.5) is 0 Å². The van der Waals surface area contributed by atoms with Gasteiger partial charge in [0.25, 0.3) is 0 Å². The van der Waals surface area contributed by atoms with Crippen LogP contribution in [0.25, 0.3) is 33.0 Å². The Kier molecular flexibility index (Phi) is 2.92. The third-order valence-electron chi connectivity index (χ3n) is 3.79. The molecule has 0 atom stereocenters. The van der Waals surface area contributed by atoms with E-state index in [1.807, 2.05) is 24.3 Å². The van der Waals surface area contributed by atoms with Gasteiger partial charge in [-0.15, -0.1) is 0 Å². The van der Waals surface area contributed by atoms with Crippen LogP contribution in [0.2, 0.25) is 0 Å². The maximum absolute atomic E-state index is 12.4. The number of hydrogen-bond acceptors (Lipinski definition) is 4. The number of nitriles is 1. The Morgan fingerprint density at radius 2 is 1.83 bits per heavy atom. The fraction of sp³-hybridized carbons (Fsp3) is 0. The summed E-state index contributed by atoms with van der Waals surface area (Å²) in [4.78, 5) is 16.8. The summed E-state index contributed by atoms with van der Waals surface area (Å²) < 4.78 is 5.56. The minimum absolute atomic E-state index is 0.404. The van der Waals surface area contributed by atoms with E-state index in [2.05, 4.69) is 11.1 Å². The van der Waals surface area contributed by atoms with E-state index in [-0.39, 0.29) is 0 Å². The van der Waals surface area contributed by atoms with E-state index in [1.54, 1.807) is 36.5 Å². The van der Waals surface area contributed by atoms with Crippen LogP contribution in [-0.2, 0) is 0 Å². The summed E-state index contributed by atoms with van der Waals surface area (Å²) in [6, 6.07) is 18.2.